The molecule has 0 spiro atoms. The molecule has 12 nitrogen and oxygen atoms in total. The van der Waals surface area contributed by atoms with E-state index in [9.17, 15) is 28.5 Å². The molecule has 0 aromatic heterocycles. The molecule has 6 unspecified atom stereocenters. The predicted octanol–water partition coefficient (Wildman–Crippen LogP) is 3.06. The van der Waals surface area contributed by atoms with Crippen LogP contribution >= 0.6 is 0 Å². The fraction of sp³-hybridized carbons (Fsp3) is 0.963. The molecule has 0 bridgehead atoms. The third-order valence-electron chi connectivity index (χ3n) is 6.73. The van der Waals surface area contributed by atoms with Crippen molar-refractivity contribution < 1.29 is 56.2 Å². The molecule has 1 fully saturated rings. The third kappa shape index (κ3) is 16.5. The lowest BCUT2D eigenvalue weighted by Crippen LogP contribution is -2.60. The zero-order valence-electron chi connectivity index (χ0n) is 24.2. The molecule has 13 heteroatoms. The van der Waals surface area contributed by atoms with Crippen LogP contribution in [-0.2, 0) is 38.3 Å². The Morgan fingerprint density at radius 3 is 1.98 bits per heavy atom. The second kappa shape index (κ2) is 21.8. The predicted molar refractivity (Wildman–Crippen MR) is 147 cm³/mol. The van der Waals surface area contributed by atoms with E-state index in [0.717, 1.165) is 25.7 Å². The second-order valence-electron chi connectivity index (χ2n) is 10.4. The van der Waals surface area contributed by atoms with E-state index in [1.807, 2.05) is 6.92 Å². The van der Waals surface area contributed by atoms with Crippen molar-refractivity contribution in [3.05, 3.63) is 0 Å². The summed E-state index contributed by atoms with van der Waals surface area (Å²) >= 11 is 0. The number of rotatable bonds is 24. The van der Waals surface area contributed by atoms with E-state index < -0.39 is 59.8 Å². The molecule has 4 N–H and O–H groups in total. The van der Waals surface area contributed by atoms with Crippen LogP contribution in [0.2, 0.25) is 0 Å². The smallest absolute Gasteiger partial charge is 0.397 e. The van der Waals surface area contributed by atoms with Crippen LogP contribution in [0.25, 0.3) is 0 Å². The average Bonchev–Trinajstić information content (AvgIpc) is 2.91. The summed E-state index contributed by atoms with van der Waals surface area (Å²) in [6.45, 7) is 3.67. The molecular weight excluding hydrogens is 548 g/mol. The lowest BCUT2D eigenvalue weighted by atomic mass is 9.99. The molecule has 0 aromatic carbocycles. The molecule has 40 heavy (non-hydrogen) atoms. The van der Waals surface area contributed by atoms with Crippen molar-refractivity contribution in [2.24, 2.45) is 0 Å². The van der Waals surface area contributed by atoms with Crippen molar-refractivity contribution in [3.8, 4) is 0 Å². The molecule has 1 heterocycles. The van der Waals surface area contributed by atoms with E-state index in [4.69, 9.17) is 23.5 Å². The summed E-state index contributed by atoms with van der Waals surface area (Å²) < 4.78 is 57.8. The van der Waals surface area contributed by atoms with Crippen molar-refractivity contribution in [2.75, 3.05) is 26.4 Å². The van der Waals surface area contributed by atoms with E-state index in [0.29, 0.717) is 13.0 Å². The quantitative estimate of drug-likeness (QED) is 0.0724. The number of hydrogen-bond donors (Lipinski definition) is 4. The lowest BCUT2D eigenvalue weighted by molar-refractivity contribution is -0.301. The first-order valence-electron chi connectivity index (χ1n) is 14.8. The first-order chi connectivity index (χ1) is 19.1. The highest BCUT2D eigenvalue weighted by Gasteiger charge is 2.48. The third-order valence-corrected chi connectivity index (χ3v) is 7.19. The van der Waals surface area contributed by atoms with Gasteiger partial charge in [-0.1, -0.05) is 84.5 Å². The lowest BCUT2D eigenvalue weighted by Gasteiger charge is -2.41. The zero-order valence-corrected chi connectivity index (χ0v) is 25.0. The standard InChI is InChI=1S/C27H52O12S/c1-3-5-7-8-9-10-11-12-13-14-15-17-35-19-21(37-23(29)16-6-4-2)20-36-27-25(31)26(39-40(32,33)34)24(30)22(18-28)38-27/h21-22,24-28,30-31H,3-20H2,1-2H3,(H,32,33,34). The van der Waals surface area contributed by atoms with Gasteiger partial charge in [-0.05, 0) is 12.8 Å². The van der Waals surface area contributed by atoms with E-state index in [1.54, 1.807) is 0 Å². The van der Waals surface area contributed by atoms with Gasteiger partial charge in [0.2, 0.25) is 0 Å². The van der Waals surface area contributed by atoms with Crippen LogP contribution < -0.4 is 0 Å². The molecule has 0 saturated carbocycles. The van der Waals surface area contributed by atoms with Gasteiger partial charge < -0.3 is 34.3 Å². The maximum atomic E-state index is 12.2. The number of carbonyl (C=O) groups is 1. The summed E-state index contributed by atoms with van der Waals surface area (Å²) in [5, 5.41) is 30.1. The summed E-state index contributed by atoms with van der Waals surface area (Å²) in [6, 6.07) is 0. The monoisotopic (exact) mass is 600 g/mol. The van der Waals surface area contributed by atoms with Gasteiger partial charge in [0.1, 0.15) is 30.5 Å². The molecule has 0 aliphatic carbocycles. The molecule has 0 radical (unpaired) electrons. The average molecular weight is 601 g/mol. The first kappa shape index (κ1) is 37.1. The van der Waals surface area contributed by atoms with Gasteiger partial charge in [0.25, 0.3) is 0 Å². The maximum Gasteiger partial charge on any atom is 0.397 e. The van der Waals surface area contributed by atoms with E-state index >= 15 is 0 Å². The Bertz CT molecular complexity index is 750. The first-order valence-corrected chi connectivity index (χ1v) is 16.2. The van der Waals surface area contributed by atoms with Gasteiger partial charge in [0, 0.05) is 13.0 Å². The summed E-state index contributed by atoms with van der Waals surface area (Å²) in [4.78, 5) is 12.2. The van der Waals surface area contributed by atoms with E-state index in [2.05, 4.69) is 11.1 Å². The summed E-state index contributed by atoms with van der Waals surface area (Å²) in [7, 11) is -5.03. The molecule has 1 aliphatic heterocycles. The molecule has 6 atom stereocenters. The number of aliphatic hydroxyl groups excluding tert-OH is 3. The summed E-state index contributed by atoms with van der Waals surface area (Å²) in [6.07, 6.45) is 5.81. The number of hydrogen-bond acceptors (Lipinski definition) is 11. The van der Waals surface area contributed by atoms with Crippen molar-refractivity contribution in [1.82, 2.24) is 0 Å². The molecule has 1 aliphatic rings. The van der Waals surface area contributed by atoms with Gasteiger partial charge in [-0.15, -0.1) is 0 Å². The Morgan fingerprint density at radius 2 is 1.43 bits per heavy atom. The largest absolute Gasteiger partial charge is 0.457 e. The van der Waals surface area contributed by atoms with Crippen molar-refractivity contribution >= 4 is 16.4 Å². The fourth-order valence-corrected chi connectivity index (χ4v) is 4.92. The number of aliphatic hydroxyl groups is 3. The molecule has 1 rings (SSSR count). The van der Waals surface area contributed by atoms with Crippen LogP contribution in [0.3, 0.4) is 0 Å². The van der Waals surface area contributed by atoms with Gasteiger partial charge in [0.05, 0.1) is 19.8 Å². The summed E-state index contributed by atoms with van der Waals surface area (Å²) in [5.41, 5.74) is 0. The molecule has 238 valence electrons. The Morgan fingerprint density at radius 1 is 0.850 bits per heavy atom. The highest BCUT2D eigenvalue weighted by molar-refractivity contribution is 7.80. The summed E-state index contributed by atoms with van der Waals surface area (Å²) in [5.74, 6) is -0.435. The molecule has 0 aromatic rings. The van der Waals surface area contributed by atoms with Crippen LogP contribution in [-0.4, -0.2) is 97.5 Å². The fourth-order valence-electron chi connectivity index (χ4n) is 4.41. The Hall–Kier alpha value is -0.900. The van der Waals surface area contributed by atoms with Gasteiger partial charge in [-0.2, -0.15) is 8.42 Å². The Labute approximate surface area is 239 Å². The van der Waals surface area contributed by atoms with Crippen LogP contribution in [0.4, 0.5) is 0 Å². The number of esters is 1. The van der Waals surface area contributed by atoms with Crippen molar-refractivity contribution in [3.63, 3.8) is 0 Å². The number of unbranched alkanes of at least 4 members (excludes halogenated alkanes) is 11. The second-order valence-corrected chi connectivity index (χ2v) is 11.4. The van der Waals surface area contributed by atoms with Crippen LogP contribution in [0.15, 0.2) is 0 Å². The highest BCUT2D eigenvalue weighted by Crippen LogP contribution is 2.25. The van der Waals surface area contributed by atoms with Gasteiger partial charge >= 0.3 is 16.4 Å². The van der Waals surface area contributed by atoms with Gasteiger partial charge in [0.15, 0.2) is 6.29 Å². The van der Waals surface area contributed by atoms with E-state index in [1.165, 1.54) is 51.4 Å². The van der Waals surface area contributed by atoms with Crippen LogP contribution in [0, 0.1) is 0 Å². The van der Waals surface area contributed by atoms with Crippen LogP contribution in [0.1, 0.15) is 104 Å². The van der Waals surface area contributed by atoms with Crippen molar-refractivity contribution in [1.29, 1.82) is 0 Å². The minimum atomic E-state index is -5.03. The number of ether oxygens (including phenoxy) is 4. The zero-order chi connectivity index (χ0) is 29.8. The normalized spacial score (nSPS) is 24.2. The SMILES string of the molecule is CCCCCCCCCCCCCOCC(COC1OC(CO)C(O)C(OS(=O)(=O)O)C1O)OC(=O)CCCC. The topological polar surface area (TPSA) is 178 Å². The molecular formula is C27H52O12S. The van der Waals surface area contributed by atoms with Gasteiger partial charge in [-0.3, -0.25) is 9.35 Å². The van der Waals surface area contributed by atoms with Gasteiger partial charge in [-0.25, -0.2) is 4.18 Å². The number of carbonyl (C=O) groups excluding carboxylic acids is 1. The molecule has 0 amide bonds. The highest BCUT2D eigenvalue weighted by atomic mass is 32.3. The Kier molecular flexibility index (Phi) is 20.2. The molecule has 1 saturated heterocycles. The maximum absolute atomic E-state index is 12.2. The van der Waals surface area contributed by atoms with Crippen LogP contribution in [0.5, 0.6) is 0 Å². The minimum Gasteiger partial charge on any atom is -0.457 e. The minimum absolute atomic E-state index is 0.0371. The van der Waals surface area contributed by atoms with Crippen molar-refractivity contribution in [2.45, 2.75) is 141 Å². The Balaban J connectivity index is 2.49. The van der Waals surface area contributed by atoms with E-state index in [-0.39, 0.29) is 19.6 Å².